The maximum absolute atomic E-state index is 12.5. The lowest BCUT2D eigenvalue weighted by atomic mass is 9.92. The molecule has 0 radical (unpaired) electrons. The Morgan fingerprint density at radius 3 is 2.83 bits per heavy atom. The van der Waals surface area contributed by atoms with Crippen LogP contribution in [0.1, 0.15) is 53.3 Å². The maximum Gasteiger partial charge on any atom is 0.223 e. The normalized spacial score (nSPS) is 15.5. The molecule has 0 aliphatic heterocycles. The van der Waals surface area contributed by atoms with Crippen molar-refractivity contribution in [1.82, 2.24) is 15.1 Å². The van der Waals surface area contributed by atoms with Gasteiger partial charge in [0.05, 0.1) is 31.8 Å². The Labute approximate surface area is 178 Å². The molecule has 1 atom stereocenters. The number of nitrogens with zero attached hydrogens (tertiary/aromatic N) is 2. The first-order valence-electron chi connectivity index (χ1n) is 10.7. The average molecular weight is 404 g/mol. The fourth-order valence-corrected chi connectivity index (χ4v) is 4.14. The first-order valence-corrected chi connectivity index (χ1v) is 10.7. The van der Waals surface area contributed by atoms with Crippen LogP contribution in [-0.2, 0) is 17.8 Å². The van der Waals surface area contributed by atoms with Crippen molar-refractivity contribution in [3.63, 3.8) is 0 Å². The third-order valence-electron chi connectivity index (χ3n) is 5.69. The summed E-state index contributed by atoms with van der Waals surface area (Å²) in [7, 11) is 0. The number of ether oxygens (including phenoxy) is 1. The molecule has 0 unspecified atom stereocenters. The number of carbonyl (C=O) groups is 1. The second-order valence-electron chi connectivity index (χ2n) is 8.07. The van der Waals surface area contributed by atoms with Crippen LogP contribution in [0.3, 0.4) is 0 Å². The molecule has 5 nitrogen and oxygen atoms in total. The van der Waals surface area contributed by atoms with Gasteiger partial charge in [-0.1, -0.05) is 48.0 Å². The molecular weight excluding hydrogens is 374 g/mol. The van der Waals surface area contributed by atoms with Gasteiger partial charge in [-0.25, -0.2) is 0 Å². The van der Waals surface area contributed by atoms with Crippen molar-refractivity contribution in [3.8, 4) is 5.75 Å². The van der Waals surface area contributed by atoms with E-state index < -0.39 is 0 Å². The van der Waals surface area contributed by atoms with E-state index >= 15 is 0 Å². The molecule has 2 aromatic carbocycles. The van der Waals surface area contributed by atoms with E-state index in [2.05, 4.69) is 52.4 Å². The molecule has 1 aliphatic rings. The van der Waals surface area contributed by atoms with E-state index in [1.165, 1.54) is 16.8 Å². The van der Waals surface area contributed by atoms with Gasteiger partial charge < -0.3 is 10.1 Å². The minimum absolute atomic E-state index is 0.0217. The fraction of sp³-hybridized carbons (Fsp3) is 0.360. The number of rotatable bonds is 7. The van der Waals surface area contributed by atoms with Crippen molar-refractivity contribution in [2.75, 3.05) is 6.61 Å². The third kappa shape index (κ3) is 4.73. The van der Waals surface area contributed by atoms with Gasteiger partial charge in [-0.3, -0.25) is 9.48 Å². The molecular formula is C25H29N3O2. The van der Waals surface area contributed by atoms with Crippen LogP contribution in [0.4, 0.5) is 0 Å². The molecule has 0 spiro atoms. The number of fused-ring (bicyclic) bond motifs is 1. The number of hydrogen-bond donors (Lipinski definition) is 1. The summed E-state index contributed by atoms with van der Waals surface area (Å²) >= 11 is 0. The van der Waals surface area contributed by atoms with Crippen molar-refractivity contribution in [2.45, 2.75) is 52.1 Å². The maximum atomic E-state index is 12.5. The summed E-state index contributed by atoms with van der Waals surface area (Å²) < 4.78 is 7.89. The zero-order chi connectivity index (χ0) is 20.9. The molecule has 0 saturated carbocycles. The number of nitrogens with one attached hydrogen (secondary N) is 1. The summed E-state index contributed by atoms with van der Waals surface area (Å²) in [6.07, 6.45) is 5.28. The van der Waals surface area contributed by atoms with Crippen LogP contribution in [-0.4, -0.2) is 22.3 Å². The van der Waals surface area contributed by atoms with Crippen LogP contribution in [0.25, 0.3) is 0 Å². The van der Waals surface area contributed by atoms with E-state index in [1.807, 2.05) is 31.3 Å². The Bertz CT molecular complexity index is 1010. The van der Waals surface area contributed by atoms with Gasteiger partial charge in [-0.05, 0) is 50.3 Å². The van der Waals surface area contributed by atoms with E-state index in [0.29, 0.717) is 13.0 Å². The monoisotopic (exact) mass is 403 g/mol. The molecule has 5 heteroatoms. The molecule has 4 rings (SSSR count). The van der Waals surface area contributed by atoms with Gasteiger partial charge in [0.1, 0.15) is 5.75 Å². The number of hydrogen-bond acceptors (Lipinski definition) is 3. The Morgan fingerprint density at radius 2 is 2.03 bits per heavy atom. The molecule has 156 valence electrons. The van der Waals surface area contributed by atoms with Gasteiger partial charge in [0.25, 0.3) is 0 Å². The van der Waals surface area contributed by atoms with Crippen LogP contribution in [0, 0.1) is 13.8 Å². The minimum Gasteiger partial charge on any atom is -0.493 e. The molecule has 0 fully saturated rings. The highest BCUT2D eigenvalue weighted by molar-refractivity contribution is 5.76. The van der Waals surface area contributed by atoms with Gasteiger partial charge in [0.15, 0.2) is 0 Å². The number of aromatic nitrogens is 2. The summed E-state index contributed by atoms with van der Waals surface area (Å²) in [6, 6.07) is 16.5. The molecule has 1 aliphatic carbocycles. The van der Waals surface area contributed by atoms with Crippen LogP contribution in [0.15, 0.2) is 54.7 Å². The van der Waals surface area contributed by atoms with E-state index in [0.717, 1.165) is 42.7 Å². The topological polar surface area (TPSA) is 56.1 Å². The van der Waals surface area contributed by atoms with Crippen molar-refractivity contribution in [3.05, 3.63) is 82.7 Å². The number of benzene rings is 2. The van der Waals surface area contributed by atoms with Crippen LogP contribution < -0.4 is 10.1 Å². The van der Waals surface area contributed by atoms with E-state index in [9.17, 15) is 4.79 Å². The molecule has 0 bridgehead atoms. The first kappa shape index (κ1) is 20.2. The Balaban J connectivity index is 1.34. The van der Waals surface area contributed by atoms with E-state index in [1.54, 1.807) is 0 Å². The molecule has 1 N–H and O–H groups in total. The van der Waals surface area contributed by atoms with Crippen LogP contribution in [0.2, 0.25) is 0 Å². The fourth-order valence-electron chi connectivity index (χ4n) is 4.14. The van der Waals surface area contributed by atoms with Gasteiger partial charge in [-0.15, -0.1) is 0 Å². The average Bonchev–Trinajstić information content (AvgIpc) is 3.14. The number of aryl methyl sites for hydroxylation is 2. The number of carbonyl (C=O) groups excluding carboxylic acids is 1. The van der Waals surface area contributed by atoms with Gasteiger partial charge in [-0.2, -0.15) is 5.10 Å². The van der Waals surface area contributed by atoms with Crippen LogP contribution >= 0.6 is 0 Å². The third-order valence-corrected chi connectivity index (χ3v) is 5.69. The molecule has 1 amide bonds. The molecule has 0 saturated heterocycles. The highest BCUT2D eigenvalue weighted by Crippen LogP contribution is 2.30. The van der Waals surface area contributed by atoms with Gasteiger partial charge in [0, 0.05) is 11.3 Å². The number of amides is 1. The van der Waals surface area contributed by atoms with E-state index in [4.69, 9.17) is 4.74 Å². The van der Waals surface area contributed by atoms with Crippen LogP contribution in [0.5, 0.6) is 5.75 Å². The van der Waals surface area contributed by atoms with Crippen molar-refractivity contribution in [1.29, 1.82) is 0 Å². The van der Waals surface area contributed by atoms with Crippen molar-refractivity contribution < 1.29 is 9.53 Å². The lowest BCUT2D eigenvalue weighted by Gasteiger charge is -2.24. The highest BCUT2D eigenvalue weighted by atomic mass is 16.5. The summed E-state index contributed by atoms with van der Waals surface area (Å²) in [5, 5.41) is 7.80. The molecule has 30 heavy (non-hydrogen) atoms. The first-order chi connectivity index (χ1) is 14.6. The predicted molar refractivity (Wildman–Crippen MR) is 118 cm³/mol. The van der Waals surface area contributed by atoms with Gasteiger partial charge in [0.2, 0.25) is 5.91 Å². The zero-order valence-corrected chi connectivity index (χ0v) is 17.7. The van der Waals surface area contributed by atoms with Crippen molar-refractivity contribution in [2.24, 2.45) is 0 Å². The lowest BCUT2D eigenvalue weighted by molar-refractivity contribution is -0.122. The Kier molecular flexibility index (Phi) is 6.17. The molecule has 1 heterocycles. The zero-order valence-electron chi connectivity index (χ0n) is 17.7. The van der Waals surface area contributed by atoms with Crippen molar-refractivity contribution >= 4 is 5.91 Å². The molecule has 1 aromatic heterocycles. The minimum atomic E-state index is 0.0217. The van der Waals surface area contributed by atoms with Gasteiger partial charge >= 0.3 is 0 Å². The second kappa shape index (κ2) is 9.16. The smallest absolute Gasteiger partial charge is 0.223 e. The summed E-state index contributed by atoms with van der Waals surface area (Å²) in [5.41, 5.74) is 5.93. The highest BCUT2D eigenvalue weighted by Gasteiger charge is 2.25. The Hall–Kier alpha value is -3.08. The molecule has 3 aromatic rings. The predicted octanol–water partition coefficient (Wildman–Crippen LogP) is 4.51. The largest absolute Gasteiger partial charge is 0.493 e. The SMILES string of the molecule is Cc1ccc(OCCC(=O)N[C@H]2CCCc3c2cnn3Cc2ccccc2)c(C)c1. The standard InChI is InChI=1S/C25H29N3O2/c1-18-11-12-24(19(2)15-18)30-14-13-25(29)27-22-9-6-10-23-21(22)16-26-28(23)17-20-7-4-3-5-8-20/h3-5,7-8,11-12,15-16,22H,6,9-10,13-14,17H2,1-2H3,(H,27,29)/t22-/m0/s1. The van der Waals surface area contributed by atoms with E-state index in [-0.39, 0.29) is 11.9 Å². The Morgan fingerprint density at radius 1 is 1.20 bits per heavy atom. The summed E-state index contributed by atoms with van der Waals surface area (Å²) in [6.45, 7) is 5.23. The second-order valence-corrected chi connectivity index (χ2v) is 8.07. The quantitative estimate of drug-likeness (QED) is 0.631. The summed E-state index contributed by atoms with van der Waals surface area (Å²) in [5.74, 6) is 0.865. The lowest BCUT2D eigenvalue weighted by Crippen LogP contribution is -2.31. The summed E-state index contributed by atoms with van der Waals surface area (Å²) in [4.78, 5) is 12.5.